The molecule has 0 aliphatic heterocycles. The number of aromatic nitrogens is 2. The topological polar surface area (TPSA) is 83.8 Å². The number of halogens is 2. The third-order valence-electron chi connectivity index (χ3n) is 3.69. The zero-order valence-electron chi connectivity index (χ0n) is 14.1. The van der Waals surface area contributed by atoms with E-state index in [1.54, 1.807) is 18.2 Å². The van der Waals surface area contributed by atoms with E-state index in [4.69, 9.17) is 5.73 Å². The zero-order chi connectivity index (χ0) is 17.0. The Morgan fingerprint density at radius 2 is 2.00 bits per heavy atom. The van der Waals surface area contributed by atoms with Crippen molar-refractivity contribution in [3.8, 4) is 11.3 Å². The summed E-state index contributed by atoms with van der Waals surface area (Å²) in [4.78, 5) is 12.4. The van der Waals surface area contributed by atoms with E-state index in [2.05, 4.69) is 29.4 Å². The van der Waals surface area contributed by atoms with Gasteiger partial charge in [-0.1, -0.05) is 13.8 Å². The molecule has 5 nitrogen and oxygen atoms in total. The van der Waals surface area contributed by atoms with Crippen molar-refractivity contribution in [2.24, 2.45) is 11.7 Å². The molecule has 1 unspecified atom stereocenters. The van der Waals surface area contributed by atoms with E-state index in [-0.39, 0.29) is 24.1 Å². The van der Waals surface area contributed by atoms with Gasteiger partial charge in [-0.3, -0.25) is 9.89 Å². The number of hydrogen-bond donors (Lipinski definition) is 3. The predicted molar refractivity (Wildman–Crippen MR) is 95.6 cm³/mol. The first-order valence-corrected chi connectivity index (χ1v) is 7.67. The maximum Gasteiger partial charge on any atom is 0.269 e. The van der Waals surface area contributed by atoms with Gasteiger partial charge in [0, 0.05) is 12.1 Å². The number of nitrogens with one attached hydrogen (secondary N) is 2. The SMILES string of the molecule is CC(C)CC(C)(CN)NC(=O)c1cc(-c2ccc(F)cc2)n[nH]1.Cl. The van der Waals surface area contributed by atoms with Crippen molar-refractivity contribution in [1.29, 1.82) is 0 Å². The molecule has 1 atom stereocenters. The maximum atomic E-state index is 13.0. The lowest BCUT2D eigenvalue weighted by atomic mass is 9.90. The molecule has 0 aliphatic rings. The van der Waals surface area contributed by atoms with E-state index in [0.717, 1.165) is 12.0 Å². The molecule has 2 aromatic rings. The van der Waals surface area contributed by atoms with Crippen LogP contribution in [0.5, 0.6) is 0 Å². The largest absolute Gasteiger partial charge is 0.344 e. The summed E-state index contributed by atoms with van der Waals surface area (Å²) >= 11 is 0. The Morgan fingerprint density at radius 1 is 1.38 bits per heavy atom. The van der Waals surface area contributed by atoms with Crippen molar-refractivity contribution in [3.63, 3.8) is 0 Å². The smallest absolute Gasteiger partial charge is 0.269 e. The van der Waals surface area contributed by atoms with Crippen LogP contribution in [-0.4, -0.2) is 28.2 Å². The average molecular weight is 355 g/mol. The average Bonchev–Trinajstić information content (AvgIpc) is 2.97. The van der Waals surface area contributed by atoms with Gasteiger partial charge in [-0.2, -0.15) is 5.10 Å². The zero-order valence-corrected chi connectivity index (χ0v) is 14.9. The maximum absolute atomic E-state index is 13.0. The summed E-state index contributed by atoms with van der Waals surface area (Å²) in [5, 5.41) is 9.81. The lowest BCUT2D eigenvalue weighted by Gasteiger charge is -2.30. The third kappa shape index (κ3) is 5.04. The molecule has 1 amide bonds. The molecule has 0 aliphatic carbocycles. The van der Waals surface area contributed by atoms with Crippen LogP contribution in [-0.2, 0) is 0 Å². The molecule has 24 heavy (non-hydrogen) atoms. The van der Waals surface area contributed by atoms with Gasteiger partial charge >= 0.3 is 0 Å². The fourth-order valence-electron chi connectivity index (χ4n) is 2.63. The van der Waals surface area contributed by atoms with Crippen molar-refractivity contribution >= 4 is 18.3 Å². The quantitative estimate of drug-likeness (QED) is 0.745. The van der Waals surface area contributed by atoms with Crippen molar-refractivity contribution in [2.75, 3.05) is 6.54 Å². The summed E-state index contributed by atoms with van der Waals surface area (Å²) in [6.07, 6.45) is 0.786. The Labute approximate surface area is 147 Å². The Morgan fingerprint density at radius 3 is 2.54 bits per heavy atom. The van der Waals surface area contributed by atoms with Gasteiger partial charge in [-0.05, 0) is 49.6 Å². The van der Waals surface area contributed by atoms with Gasteiger partial charge < -0.3 is 11.1 Å². The van der Waals surface area contributed by atoms with Gasteiger partial charge in [0.15, 0.2) is 0 Å². The Kier molecular flexibility index (Phi) is 6.93. The highest BCUT2D eigenvalue weighted by Crippen LogP contribution is 2.19. The second-order valence-electron chi connectivity index (χ2n) is 6.49. The highest BCUT2D eigenvalue weighted by molar-refractivity contribution is 5.93. The standard InChI is InChI=1S/C17H23FN4O.ClH/c1-11(2)9-17(3,10-19)20-16(23)15-8-14(21-22-15)12-4-6-13(18)7-5-12;/h4-8,11H,9-10,19H2,1-3H3,(H,20,23)(H,21,22);1H. The van der Waals surface area contributed by atoms with E-state index in [0.29, 0.717) is 23.9 Å². The van der Waals surface area contributed by atoms with E-state index < -0.39 is 5.54 Å². The monoisotopic (exact) mass is 354 g/mol. The molecular weight excluding hydrogens is 331 g/mol. The van der Waals surface area contributed by atoms with Crippen LogP contribution >= 0.6 is 12.4 Å². The first kappa shape index (κ1) is 20.1. The van der Waals surface area contributed by atoms with E-state index in [1.807, 2.05) is 6.92 Å². The van der Waals surface area contributed by atoms with Crippen LogP contribution in [0.3, 0.4) is 0 Å². The van der Waals surface area contributed by atoms with Crippen LogP contribution in [0, 0.1) is 11.7 Å². The van der Waals surface area contributed by atoms with Gasteiger partial charge in [0.05, 0.1) is 11.2 Å². The summed E-state index contributed by atoms with van der Waals surface area (Å²) in [5.41, 5.74) is 7.04. The summed E-state index contributed by atoms with van der Waals surface area (Å²) < 4.78 is 13.0. The molecular formula is C17H24ClFN4O. The molecule has 0 fully saturated rings. The summed E-state index contributed by atoms with van der Waals surface area (Å²) in [7, 11) is 0. The second kappa shape index (κ2) is 8.26. The van der Waals surface area contributed by atoms with Crippen LogP contribution in [0.4, 0.5) is 4.39 Å². The van der Waals surface area contributed by atoms with Gasteiger partial charge in [-0.25, -0.2) is 4.39 Å². The fourth-order valence-corrected chi connectivity index (χ4v) is 2.63. The summed E-state index contributed by atoms with van der Waals surface area (Å²) in [6, 6.07) is 7.61. The van der Waals surface area contributed by atoms with E-state index in [9.17, 15) is 9.18 Å². The molecule has 4 N–H and O–H groups in total. The second-order valence-corrected chi connectivity index (χ2v) is 6.49. The number of benzene rings is 1. The normalized spacial score (nSPS) is 13.2. The van der Waals surface area contributed by atoms with E-state index >= 15 is 0 Å². The number of amides is 1. The summed E-state index contributed by atoms with van der Waals surface area (Å²) in [6.45, 7) is 6.46. The van der Waals surface area contributed by atoms with Crippen LogP contribution in [0.15, 0.2) is 30.3 Å². The number of nitrogens with two attached hydrogens (primary N) is 1. The van der Waals surface area contributed by atoms with Crippen molar-refractivity contribution < 1.29 is 9.18 Å². The molecule has 2 rings (SSSR count). The molecule has 1 aromatic heterocycles. The molecule has 0 bridgehead atoms. The van der Waals surface area contributed by atoms with Gasteiger partial charge in [0.2, 0.25) is 0 Å². The van der Waals surface area contributed by atoms with Crippen molar-refractivity contribution in [1.82, 2.24) is 15.5 Å². The van der Waals surface area contributed by atoms with Crippen LogP contribution in [0.25, 0.3) is 11.3 Å². The third-order valence-corrected chi connectivity index (χ3v) is 3.69. The Bertz CT molecular complexity index is 671. The minimum absolute atomic E-state index is 0. The fraction of sp³-hybridized carbons (Fsp3) is 0.412. The number of carbonyl (C=O) groups is 1. The molecule has 0 saturated carbocycles. The lowest BCUT2D eigenvalue weighted by Crippen LogP contribution is -2.52. The van der Waals surface area contributed by atoms with Gasteiger partial charge in [0.25, 0.3) is 5.91 Å². The number of nitrogens with zero attached hydrogens (tertiary/aromatic N) is 1. The molecule has 0 saturated heterocycles. The van der Waals surface area contributed by atoms with Crippen LogP contribution in [0.1, 0.15) is 37.7 Å². The number of hydrogen-bond acceptors (Lipinski definition) is 3. The van der Waals surface area contributed by atoms with Gasteiger partial charge in [0.1, 0.15) is 11.5 Å². The number of H-pyrrole nitrogens is 1. The molecule has 0 radical (unpaired) electrons. The van der Waals surface area contributed by atoms with Crippen molar-refractivity contribution in [3.05, 3.63) is 41.8 Å². The first-order valence-electron chi connectivity index (χ1n) is 7.67. The molecule has 1 aromatic carbocycles. The van der Waals surface area contributed by atoms with Crippen molar-refractivity contribution in [2.45, 2.75) is 32.7 Å². The highest BCUT2D eigenvalue weighted by atomic mass is 35.5. The number of carbonyl (C=O) groups excluding carboxylic acids is 1. The molecule has 132 valence electrons. The highest BCUT2D eigenvalue weighted by Gasteiger charge is 2.27. The van der Waals surface area contributed by atoms with Crippen LogP contribution in [0.2, 0.25) is 0 Å². The lowest BCUT2D eigenvalue weighted by molar-refractivity contribution is 0.0893. The minimum atomic E-state index is -0.466. The van der Waals surface area contributed by atoms with E-state index in [1.165, 1.54) is 12.1 Å². The number of rotatable bonds is 6. The minimum Gasteiger partial charge on any atom is -0.344 e. The summed E-state index contributed by atoms with van der Waals surface area (Å²) in [5.74, 6) is -0.144. The number of aromatic amines is 1. The van der Waals surface area contributed by atoms with Crippen LogP contribution < -0.4 is 11.1 Å². The van der Waals surface area contributed by atoms with Gasteiger partial charge in [-0.15, -0.1) is 12.4 Å². The Hall–Kier alpha value is -1.92. The molecule has 7 heteroatoms. The molecule has 1 heterocycles. The Balaban J connectivity index is 0.00000288. The predicted octanol–water partition coefficient (Wildman–Crippen LogP) is 3.13. The first-order chi connectivity index (χ1) is 10.8. The molecule has 0 spiro atoms.